The van der Waals surface area contributed by atoms with Crippen LogP contribution in [0.4, 0.5) is 0 Å². The van der Waals surface area contributed by atoms with Crippen LogP contribution in [0.15, 0.2) is 36.7 Å². The van der Waals surface area contributed by atoms with Crippen molar-refractivity contribution in [2.45, 2.75) is 87.6 Å². The number of amides is 2. The molecule has 8 rings (SSSR count). The Morgan fingerprint density at radius 1 is 0.667 bits per heavy atom. The average molecular weight is 792 g/mol. The lowest BCUT2D eigenvalue weighted by Crippen LogP contribution is -2.59. The first-order chi connectivity index (χ1) is 25.3. The fourth-order valence-corrected chi connectivity index (χ4v) is 11.0. The first-order valence-corrected chi connectivity index (χ1v) is 19.6. The van der Waals surface area contributed by atoms with Crippen molar-refractivity contribution < 1.29 is 28.5 Å². The maximum Gasteiger partial charge on any atom is 0.267 e. The van der Waals surface area contributed by atoms with Crippen LogP contribution in [-0.2, 0) is 30.1 Å². The number of methoxy groups -OCH3 is 2. The number of fused-ring (bicyclic) bond motifs is 4. The summed E-state index contributed by atoms with van der Waals surface area (Å²) < 4.78 is 24.2. The molecule has 300 valence electrons. The predicted molar refractivity (Wildman–Crippen MR) is 210 cm³/mol. The van der Waals surface area contributed by atoms with E-state index in [1.165, 1.54) is 38.5 Å². The highest BCUT2D eigenvalue weighted by molar-refractivity contribution is 5.91. The molecule has 14 heteroatoms. The number of rotatable bonds is 10. The van der Waals surface area contributed by atoms with Gasteiger partial charge in [-0.3, -0.25) is 29.4 Å². The number of halogens is 2. The number of hydrogen-bond donors (Lipinski definition) is 2. The van der Waals surface area contributed by atoms with Crippen LogP contribution in [0.2, 0.25) is 0 Å². The van der Waals surface area contributed by atoms with E-state index < -0.39 is 11.8 Å². The molecule has 54 heavy (non-hydrogen) atoms. The molecule has 6 fully saturated rings. The lowest BCUT2D eigenvalue weighted by molar-refractivity contribution is -0.171. The van der Waals surface area contributed by atoms with Gasteiger partial charge in [0.1, 0.15) is 22.6 Å². The molecule has 4 N–H and O–H groups in total. The summed E-state index contributed by atoms with van der Waals surface area (Å²) in [5.74, 6) is 0.654. The Kier molecular flexibility index (Phi) is 14.8. The van der Waals surface area contributed by atoms with Crippen LogP contribution >= 0.6 is 24.8 Å². The molecule has 2 aliphatic carbocycles. The summed E-state index contributed by atoms with van der Waals surface area (Å²) in [6.45, 7) is 7.90. The van der Waals surface area contributed by atoms with Crippen LogP contribution in [0.1, 0.15) is 96.3 Å². The standard InChI is InChI=1S/2C20H29N3O3.2ClH/c2*1-25-20(14-7-8-22-18(10-14)19(21)24)15-4-2-5-16(20)12-23(11-15)13-17-6-3-9-26-17;;/h2*7-8,10,15-17H,2-6,9,11-13H2,1H3,(H2,21,24);2*1H/t15?,16?,17-,20?;;;/m0.../s1. The number of piperidine rings is 2. The fourth-order valence-electron chi connectivity index (χ4n) is 11.0. The lowest BCUT2D eigenvalue weighted by atomic mass is 9.62. The van der Waals surface area contributed by atoms with E-state index in [-0.39, 0.29) is 36.0 Å². The SMILES string of the molecule is COC1(c2ccnc(C(N)=O)c2)C2CCCC1CN(CC1CCCO1)C2.COC1(c2ccnc(C(N)=O)c2)C2CCCC1CN(C[C@@H]1CCCO1)C2.Cl.Cl. The third-order valence-electron chi connectivity index (χ3n) is 13.1. The number of pyridine rings is 2. The highest BCUT2D eigenvalue weighted by Crippen LogP contribution is 2.53. The van der Waals surface area contributed by atoms with E-state index in [4.69, 9.17) is 30.4 Å². The summed E-state index contributed by atoms with van der Waals surface area (Å²) in [6.07, 6.45) is 15.9. The molecule has 2 aromatic rings. The highest BCUT2D eigenvalue weighted by atomic mass is 35.5. The van der Waals surface area contributed by atoms with Crippen LogP contribution in [-0.4, -0.2) is 110 Å². The van der Waals surface area contributed by atoms with Crippen LogP contribution < -0.4 is 11.5 Å². The van der Waals surface area contributed by atoms with Crippen molar-refractivity contribution >= 4 is 36.6 Å². The molecule has 2 aromatic heterocycles. The molecule has 0 aromatic carbocycles. The first-order valence-electron chi connectivity index (χ1n) is 19.6. The zero-order chi connectivity index (χ0) is 36.3. The summed E-state index contributed by atoms with van der Waals surface area (Å²) in [7, 11) is 3.62. The molecule has 2 amide bonds. The number of carbonyl (C=O) groups is 2. The van der Waals surface area contributed by atoms with E-state index >= 15 is 0 Å². The van der Waals surface area contributed by atoms with Gasteiger partial charge in [-0.1, -0.05) is 12.8 Å². The molecule has 5 unspecified atom stereocenters. The topological polar surface area (TPSA) is 155 Å². The van der Waals surface area contributed by atoms with Gasteiger partial charge in [0.2, 0.25) is 0 Å². The van der Waals surface area contributed by atoms with Crippen molar-refractivity contribution in [3.05, 3.63) is 59.2 Å². The van der Waals surface area contributed by atoms with Crippen molar-refractivity contribution in [2.75, 3.05) is 66.7 Å². The summed E-state index contributed by atoms with van der Waals surface area (Å²) in [5.41, 5.74) is 13.0. The Morgan fingerprint density at radius 3 is 1.33 bits per heavy atom. The third kappa shape index (κ3) is 8.46. The quantitative estimate of drug-likeness (QED) is 0.346. The number of nitrogens with two attached hydrogens (primary N) is 2. The largest absolute Gasteiger partial charge is 0.377 e. The normalized spacial score (nSPS) is 33.4. The predicted octanol–water partition coefficient (Wildman–Crippen LogP) is 4.71. The average Bonchev–Trinajstić information content (AvgIpc) is 3.86. The minimum absolute atomic E-state index is 0. The van der Waals surface area contributed by atoms with Crippen molar-refractivity contribution in [1.29, 1.82) is 0 Å². The summed E-state index contributed by atoms with van der Waals surface area (Å²) >= 11 is 0. The number of ether oxygens (including phenoxy) is 4. The van der Waals surface area contributed by atoms with Crippen molar-refractivity contribution in [2.24, 2.45) is 35.1 Å². The Hall–Kier alpha value is -2.42. The molecular weight excluding hydrogens is 731 g/mol. The summed E-state index contributed by atoms with van der Waals surface area (Å²) in [5, 5.41) is 0. The minimum atomic E-state index is -0.487. The third-order valence-corrected chi connectivity index (χ3v) is 13.1. The second-order valence-corrected chi connectivity index (χ2v) is 15.9. The second kappa shape index (κ2) is 18.7. The molecule has 6 atom stereocenters. The number of likely N-dealkylation sites (tertiary alicyclic amines) is 2. The first kappa shape index (κ1) is 42.7. The molecule has 12 nitrogen and oxygen atoms in total. The molecule has 4 bridgehead atoms. The van der Waals surface area contributed by atoms with Gasteiger partial charge in [-0.05, 0) is 86.8 Å². The molecule has 4 saturated heterocycles. The molecule has 6 heterocycles. The number of primary amides is 2. The molecule has 2 saturated carbocycles. The smallest absolute Gasteiger partial charge is 0.267 e. The second-order valence-electron chi connectivity index (χ2n) is 15.9. The van der Waals surface area contributed by atoms with Gasteiger partial charge >= 0.3 is 0 Å². The van der Waals surface area contributed by atoms with E-state index in [0.29, 0.717) is 47.3 Å². The molecule has 4 aliphatic heterocycles. The number of aromatic nitrogens is 2. The lowest BCUT2D eigenvalue weighted by Gasteiger charge is -2.55. The van der Waals surface area contributed by atoms with E-state index in [1.54, 1.807) is 12.4 Å². The highest BCUT2D eigenvalue weighted by Gasteiger charge is 2.55. The Morgan fingerprint density at radius 2 is 1.04 bits per heavy atom. The van der Waals surface area contributed by atoms with Crippen molar-refractivity contribution in [3.8, 4) is 0 Å². The van der Waals surface area contributed by atoms with Crippen molar-refractivity contribution in [3.63, 3.8) is 0 Å². The van der Waals surface area contributed by atoms with E-state index in [2.05, 4.69) is 19.8 Å². The van der Waals surface area contributed by atoms with Gasteiger partial charge in [0.25, 0.3) is 11.8 Å². The molecule has 6 aliphatic rings. The maximum atomic E-state index is 11.6. The van der Waals surface area contributed by atoms with Crippen LogP contribution in [0, 0.1) is 23.7 Å². The molecule has 0 spiro atoms. The van der Waals surface area contributed by atoms with Gasteiger partial charge in [-0.15, -0.1) is 24.8 Å². The van der Waals surface area contributed by atoms with Gasteiger partial charge in [-0.2, -0.15) is 0 Å². The number of nitrogens with zero attached hydrogens (tertiary/aromatic N) is 4. The zero-order valence-corrected chi connectivity index (χ0v) is 33.5. The van der Waals surface area contributed by atoms with Gasteiger partial charge in [0, 0.05) is 103 Å². The minimum Gasteiger partial charge on any atom is -0.377 e. The Bertz CT molecular complexity index is 1420. The van der Waals surface area contributed by atoms with E-state index in [1.807, 2.05) is 38.5 Å². The fraction of sp³-hybridized carbons (Fsp3) is 0.700. The van der Waals surface area contributed by atoms with E-state index in [0.717, 1.165) is 89.3 Å². The Labute approximate surface area is 332 Å². The summed E-state index contributed by atoms with van der Waals surface area (Å²) in [4.78, 5) is 36.6. The van der Waals surface area contributed by atoms with E-state index in [9.17, 15) is 9.59 Å². The van der Waals surface area contributed by atoms with Gasteiger partial charge in [0.15, 0.2) is 0 Å². The van der Waals surface area contributed by atoms with Gasteiger partial charge in [0.05, 0.1) is 12.2 Å². The van der Waals surface area contributed by atoms with Crippen LogP contribution in [0.5, 0.6) is 0 Å². The number of carbonyl (C=O) groups excluding carboxylic acids is 2. The maximum absolute atomic E-state index is 11.6. The molecule has 0 radical (unpaired) electrons. The zero-order valence-electron chi connectivity index (χ0n) is 31.9. The number of hydrogen-bond acceptors (Lipinski definition) is 10. The van der Waals surface area contributed by atoms with Crippen LogP contribution in [0.3, 0.4) is 0 Å². The van der Waals surface area contributed by atoms with Gasteiger partial charge < -0.3 is 30.4 Å². The summed E-state index contributed by atoms with van der Waals surface area (Å²) in [6, 6.07) is 7.67. The molecular formula is C40H60Cl2N6O6. The monoisotopic (exact) mass is 790 g/mol. The van der Waals surface area contributed by atoms with Crippen LogP contribution in [0.25, 0.3) is 0 Å². The Balaban J connectivity index is 0.000000200. The van der Waals surface area contributed by atoms with Gasteiger partial charge in [-0.25, -0.2) is 0 Å². The van der Waals surface area contributed by atoms with Crippen molar-refractivity contribution in [1.82, 2.24) is 19.8 Å².